The number of nitrogens with zero attached hydrogens (tertiary/aromatic N) is 2. The van der Waals surface area contributed by atoms with Crippen LogP contribution in [0.5, 0.6) is 0 Å². The quantitative estimate of drug-likeness (QED) is 0.833. The molecular weight excluding hydrogens is 238 g/mol. The third kappa shape index (κ3) is 3.81. The van der Waals surface area contributed by atoms with Crippen molar-refractivity contribution in [2.75, 3.05) is 12.3 Å². The Hall–Kier alpha value is -0.880. The predicted molar refractivity (Wildman–Crippen MR) is 68.5 cm³/mol. The molecule has 6 heteroatoms. The average molecular weight is 259 g/mol. The first-order valence-electron chi connectivity index (χ1n) is 5.85. The molecule has 1 rings (SSSR count). The summed E-state index contributed by atoms with van der Waals surface area (Å²) in [6.45, 7) is 8.79. The van der Waals surface area contributed by atoms with E-state index in [1.165, 1.54) is 5.56 Å². The highest BCUT2D eigenvalue weighted by Crippen LogP contribution is 2.10. The van der Waals surface area contributed by atoms with Crippen LogP contribution in [0.3, 0.4) is 0 Å². The van der Waals surface area contributed by atoms with E-state index in [4.69, 9.17) is 0 Å². The van der Waals surface area contributed by atoms with Crippen LogP contribution >= 0.6 is 0 Å². The Labute approximate surface area is 103 Å². The van der Waals surface area contributed by atoms with Crippen molar-refractivity contribution in [1.29, 1.82) is 0 Å². The van der Waals surface area contributed by atoms with Gasteiger partial charge in [-0.3, -0.25) is 4.68 Å². The van der Waals surface area contributed by atoms with E-state index in [1.54, 1.807) is 0 Å². The number of aromatic nitrogens is 2. The molecule has 1 aromatic rings. The lowest BCUT2D eigenvalue weighted by atomic mass is 10.2. The third-order valence-electron chi connectivity index (χ3n) is 2.86. The molecule has 0 spiro atoms. The van der Waals surface area contributed by atoms with Gasteiger partial charge >= 0.3 is 0 Å². The van der Waals surface area contributed by atoms with E-state index in [-0.39, 0.29) is 5.75 Å². The third-order valence-corrected chi connectivity index (χ3v) is 4.45. The van der Waals surface area contributed by atoms with E-state index in [1.807, 2.05) is 32.4 Å². The van der Waals surface area contributed by atoms with Crippen LogP contribution in [0.4, 0.5) is 0 Å². The fourth-order valence-electron chi connectivity index (χ4n) is 1.65. The minimum Gasteiger partial charge on any atom is -0.268 e. The first kappa shape index (κ1) is 14.2. The molecule has 0 aliphatic carbocycles. The van der Waals surface area contributed by atoms with Crippen LogP contribution in [-0.2, 0) is 16.6 Å². The highest BCUT2D eigenvalue weighted by molar-refractivity contribution is 7.89. The van der Waals surface area contributed by atoms with Gasteiger partial charge in [-0.05, 0) is 32.8 Å². The molecule has 0 aliphatic rings. The van der Waals surface area contributed by atoms with Gasteiger partial charge in [0.25, 0.3) is 0 Å². The van der Waals surface area contributed by atoms with E-state index in [2.05, 4.69) is 9.82 Å². The summed E-state index contributed by atoms with van der Waals surface area (Å²) in [7, 11) is -3.11. The molecule has 98 valence electrons. The first-order valence-corrected chi connectivity index (χ1v) is 7.50. The summed E-state index contributed by atoms with van der Waals surface area (Å²) in [6.07, 6.45) is 0.633. The number of hydrogen-bond acceptors (Lipinski definition) is 3. The predicted octanol–water partition coefficient (Wildman–Crippen LogP) is 1.14. The van der Waals surface area contributed by atoms with Crippen LogP contribution in [-0.4, -0.2) is 30.5 Å². The van der Waals surface area contributed by atoms with Gasteiger partial charge in [-0.15, -0.1) is 0 Å². The molecule has 1 aromatic heterocycles. The maximum Gasteiger partial charge on any atom is 0.211 e. The first-order chi connectivity index (χ1) is 7.87. The monoisotopic (exact) mass is 259 g/mol. The van der Waals surface area contributed by atoms with Crippen molar-refractivity contribution < 1.29 is 8.42 Å². The number of hydrogen-bond donors (Lipinski definition) is 1. The zero-order chi connectivity index (χ0) is 13.1. The number of aryl methyl sites for hydroxylation is 1. The average Bonchev–Trinajstić information content (AvgIpc) is 2.46. The second kappa shape index (κ2) is 5.64. The molecule has 0 aliphatic heterocycles. The molecule has 0 amide bonds. The number of sulfonamides is 1. The van der Waals surface area contributed by atoms with Crippen molar-refractivity contribution in [3.8, 4) is 0 Å². The van der Waals surface area contributed by atoms with Gasteiger partial charge in [0.1, 0.15) is 0 Å². The number of nitrogens with one attached hydrogen (secondary N) is 1. The summed E-state index contributed by atoms with van der Waals surface area (Å²) >= 11 is 0. The highest BCUT2D eigenvalue weighted by atomic mass is 32.2. The van der Waals surface area contributed by atoms with Gasteiger partial charge in [0, 0.05) is 12.2 Å². The van der Waals surface area contributed by atoms with Gasteiger partial charge in [0.05, 0.1) is 18.0 Å². The molecule has 0 aromatic carbocycles. The lowest BCUT2D eigenvalue weighted by Crippen LogP contribution is -2.29. The topological polar surface area (TPSA) is 64.0 Å². The maximum absolute atomic E-state index is 11.4. The van der Waals surface area contributed by atoms with Crippen LogP contribution in [0.1, 0.15) is 30.3 Å². The van der Waals surface area contributed by atoms with Crippen LogP contribution in [0.25, 0.3) is 0 Å². The molecule has 1 N–H and O–H groups in total. The smallest absolute Gasteiger partial charge is 0.211 e. The maximum atomic E-state index is 11.4. The zero-order valence-corrected chi connectivity index (χ0v) is 11.8. The van der Waals surface area contributed by atoms with Crippen molar-refractivity contribution in [2.45, 2.75) is 40.7 Å². The van der Waals surface area contributed by atoms with Crippen molar-refractivity contribution in [1.82, 2.24) is 14.5 Å². The summed E-state index contributed by atoms with van der Waals surface area (Å²) in [4.78, 5) is 0. The molecule has 0 saturated carbocycles. The SMILES string of the molecule is CCCS(=O)(=O)NCCn1nc(C)c(C)c1C. The molecule has 1 heterocycles. The number of rotatable bonds is 6. The molecule has 17 heavy (non-hydrogen) atoms. The molecular formula is C11H21N3O2S. The lowest BCUT2D eigenvalue weighted by molar-refractivity contribution is 0.553. The van der Waals surface area contributed by atoms with Crippen molar-refractivity contribution in [3.63, 3.8) is 0 Å². The standard InChI is InChI=1S/C11H21N3O2S/c1-5-8-17(15,16)12-6-7-14-11(4)9(2)10(3)13-14/h12H,5-8H2,1-4H3. The largest absolute Gasteiger partial charge is 0.268 e. The van der Waals surface area contributed by atoms with Gasteiger partial charge in [-0.25, -0.2) is 13.1 Å². The molecule has 0 unspecified atom stereocenters. The van der Waals surface area contributed by atoms with E-state index in [9.17, 15) is 8.42 Å². The van der Waals surface area contributed by atoms with Crippen molar-refractivity contribution >= 4 is 10.0 Å². The van der Waals surface area contributed by atoms with E-state index < -0.39 is 10.0 Å². The second-order valence-electron chi connectivity index (χ2n) is 4.23. The Morgan fingerprint density at radius 1 is 1.29 bits per heavy atom. The Morgan fingerprint density at radius 3 is 2.41 bits per heavy atom. The Balaban J connectivity index is 2.55. The van der Waals surface area contributed by atoms with Gasteiger partial charge < -0.3 is 0 Å². The van der Waals surface area contributed by atoms with E-state index in [0.717, 1.165) is 11.4 Å². The van der Waals surface area contributed by atoms with Gasteiger partial charge in [-0.2, -0.15) is 5.10 Å². The van der Waals surface area contributed by atoms with Gasteiger partial charge in [-0.1, -0.05) is 6.92 Å². The highest BCUT2D eigenvalue weighted by Gasteiger charge is 2.10. The summed E-state index contributed by atoms with van der Waals surface area (Å²) < 4.78 is 27.3. The fourth-order valence-corrected chi connectivity index (χ4v) is 2.74. The Bertz CT molecular complexity index is 477. The second-order valence-corrected chi connectivity index (χ2v) is 6.16. The van der Waals surface area contributed by atoms with E-state index in [0.29, 0.717) is 19.5 Å². The molecule has 0 atom stereocenters. The molecule has 0 fully saturated rings. The van der Waals surface area contributed by atoms with Gasteiger partial charge in [0.15, 0.2) is 0 Å². The normalized spacial score (nSPS) is 12.0. The summed E-state index contributed by atoms with van der Waals surface area (Å²) in [5, 5.41) is 4.36. The minimum atomic E-state index is -3.11. The van der Waals surface area contributed by atoms with Crippen LogP contribution in [0.2, 0.25) is 0 Å². The van der Waals surface area contributed by atoms with Crippen LogP contribution in [0.15, 0.2) is 0 Å². The summed E-state index contributed by atoms with van der Waals surface area (Å²) in [6, 6.07) is 0. The molecule has 0 saturated heterocycles. The van der Waals surface area contributed by atoms with Crippen LogP contribution < -0.4 is 4.72 Å². The summed E-state index contributed by atoms with van der Waals surface area (Å²) in [5.74, 6) is 0.184. The molecule has 0 bridgehead atoms. The van der Waals surface area contributed by atoms with Crippen LogP contribution in [0, 0.1) is 20.8 Å². The Kier molecular flexibility index (Phi) is 4.70. The van der Waals surface area contributed by atoms with Crippen molar-refractivity contribution in [3.05, 3.63) is 17.0 Å². The zero-order valence-electron chi connectivity index (χ0n) is 10.9. The lowest BCUT2D eigenvalue weighted by Gasteiger charge is -2.07. The molecule has 5 nitrogen and oxygen atoms in total. The van der Waals surface area contributed by atoms with E-state index >= 15 is 0 Å². The van der Waals surface area contributed by atoms with Crippen molar-refractivity contribution in [2.24, 2.45) is 0 Å². The molecule has 0 radical (unpaired) electrons. The Morgan fingerprint density at radius 2 is 1.94 bits per heavy atom. The summed E-state index contributed by atoms with van der Waals surface area (Å²) in [5.41, 5.74) is 3.26. The minimum absolute atomic E-state index is 0.184. The fraction of sp³-hybridized carbons (Fsp3) is 0.727. The van der Waals surface area contributed by atoms with Gasteiger partial charge in [0.2, 0.25) is 10.0 Å².